The summed E-state index contributed by atoms with van der Waals surface area (Å²) in [5.41, 5.74) is 0.389. The van der Waals surface area contributed by atoms with Crippen LogP contribution in [0.1, 0.15) is 34.5 Å². The number of hydrogen-bond acceptors (Lipinski definition) is 6. The number of halogens is 2. The second-order valence-electron chi connectivity index (χ2n) is 6.39. The molecule has 0 aliphatic heterocycles. The van der Waals surface area contributed by atoms with Crippen LogP contribution in [0.15, 0.2) is 24.3 Å². The third kappa shape index (κ3) is 3.53. The molecule has 0 saturated heterocycles. The van der Waals surface area contributed by atoms with Crippen LogP contribution in [0, 0.1) is 13.8 Å². The van der Waals surface area contributed by atoms with Crippen molar-refractivity contribution in [2.24, 2.45) is 0 Å². The molecule has 0 bridgehead atoms. The molecule has 2 heterocycles. The van der Waals surface area contributed by atoms with E-state index in [-0.39, 0.29) is 16.6 Å². The van der Waals surface area contributed by atoms with Gasteiger partial charge in [0.25, 0.3) is 11.7 Å². The van der Waals surface area contributed by atoms with Gasteiger partial charge in [-0.25, -0.2) is 14.3 Å². The summed E-state index contributed by atoms with van der Waals surface area (Å²) in [7, 11) is 1.23. The van der Waals surface area contributed by atoms with Gasteiger partial charge in [-0.3, -0.25) is 4.79 Å². The number of rotatable bonds is 4. The molecule has 1 N–H and O–H groups in total. The minimum Gasteiger partial charge on any atom is -0.467 e. The average molecular weight is 422 g/mol. The van der Waals surface area contributed by atoms with Crippen LogP contribution < -0.4 is 5.32 Å². The van der Waals surface area contributed by atoms with E-state index in [4.69, 9.17) is 27.9 Å². The standard InChI is InChI=1S/C18H17Cl2N5O3/c1-9-7-10(2)25-17(21-9)22-14(24-25)15(26)23-18(3,16(27)28-4)11-5-6-12(19)13(20)8-11/h5-8H,1-4H3,(H,23,26)/t18-/m1/s1. The van der Waals surface area contributed by atoms with E-state index in [1.54, 1.807) is 6.07 Å². The first-order valence-electron chi connectivity index (χ1n) is 8.23. The number of hydrogen-bond donors (Lipinski definition) is 1. The Morgan fingerprint density at radius 3 is 2.50 bits per heavy atom. The number of amides is 1. The average Bonchev–Trinajstić information content (AvgIpc) is 3.07. The molecule has 0 fully saturated rings. The highest BCUT2D eigenvalue weighted by molar-refractivity contribution is 6.42. The van der Waals surface area contributed by atoms with Gasteiger partial charge in [-0.05, 0) is 44.5 Å². The Bertz CT molecular complexity index is 1100. The summed E-state index contributed by atoms with van der Waals surface area (Å²) < 4.78 is 6.34. The number of ether oxygens (including phenoxy) is 1. The van der Waals surface area contributed by atoms with Gasteiger partial charge in [-0.2, -0.15) is 4.98 Å². The number of methoxy groups -OCH3 is 1. The molecule has 0 aliphatic carbocycles. The Morgan fingerprint density at radius 1 is 1.14 bits per heavy atom. The van der Waals surface area contributed by atoms with Crippen molar-refractivity contribution in [2.45, 2.75) is 26.3 Å². The number of nitrogens with zero attached hydrogens (tertiary/aromatic N) is 4. The molecule has 3 rings (SSSR count). The van der Waals surface area contributed by atoms with Crippen molar-refractivity contribution in [3.05, 3.63) is 57.1 Å². The molecule has 2 aromatic heterocycles. The molecule has 0 unspecified atom stereocenters. The lowest BCUT2D eigenvalue weighted by Crippen LogP contribution is -2.50. The monoisotopic (exact) mass is 421 g/mol. The topological polar surface area (TPSA) is 98.5 Å². The predicted octanol–water partition coefficient (Wildman–Crippen LogP) is 2.87. The molecule has 1 aromatic carbocycles. The second kappa shape index (κ2) is 7.37. The Hall–Kier alpha value is -2.71. The summed E-state index contributed by atoms with van der Waals surface area (Å²) in [6, 6.07) is 6.42. The summed E-state index contributed by atoms with van der Waals surface area (Å²) in [5, 5.41) is 7.38. The van der Waals surface area contributed by atoms with Gasteiger partial charge in [0.15, 0.2) is 5.54 Å². The van der Waals surface area contributed by atoms with Gasteiger partial charge in [0.1, 0.15) is 0 Å². The fourth-order valence-corrected chi connectivity index (χ4v) is 3.10. The number of carbonyl (C=O) groups excluding carboxylic acids is 2. The van der Waals surface area contributed by atoms with Crippen molar-refractivity contribution < 1.29 is 14.3 Å². The van der Waals surface area contributed by atoms with Gasteiger partial charge in [0, 0.05) is 11.4 Å². The minimum absolute atomic E-state index is 0.128. The zero-order chi connectivity index (χ0) is 20.6. The molecular formula is C18H17Cl2N5O3. The van der Waals surface area contributed by atoms with Gasteiger partial charge in [0.05, 0.1) is 17.2 Å². The quantitative estimate of drug-likeness (QED) is 0.650. The van der Waals surface area contributed by atoms with E-state index in [9.17, 15) is 9.59 Å². The molecule has 0 aliphatic rings. The van der Waals surface area contributed by atoms with E-state index in [1.165, 1.54) is 30.7 Å². The molecule has 0 saturated carbocycles. The first-order chi connectivity index (χ1) is 13.2. The largest absolute Gasteiger partial charge is 0.467 e. The summed E-state index contributed by atoms with van der Waals surface area (Å²) in [6.07, 6.45) is 0. The summed E-state index contributed by atoms with van der Waals surface area (Å²) >= 11 is 12.0. The van der Waals surface area contributed by atoms with E-state index in [1.807, 2.05) is 19.9 Å². The Morgan fingerprint density at radius 2 is 1.86 bits per heavy atom. The maximum Gasteiger partial charge on any atom is 0.336 e. The zero-order valence-corrected chi connectivity index (χ0v) is 17.1. The Balaban J connectivity index is 2.01. The normalized spacial score (nSPS) is 13.2. The van der Waals surface area contributed by atoms with Crippen molar-refractivity contribution in [1.82, 2.24) is 24.9 Å². The number of benzene rings is 1. The summed E-state index contributed by atoms with van der Waals surface area (Å²) in [4.78, 5) is 33.7. The van der Waals surface area contributed by atoms with Gasteiger partial charge >= 0.3 is 5.97 Å². The third-order valence-electron chi connectivity index (χ3n) is 4.28. The van der Waals surface area contributed by atoms with Crippen molar-refractivity contribution >= 4 is 40.9 Å². The second-order valence-corrected chi connectivity index (χ2v) is 7.20. The highest BCUT2D eigenvalue weighted by atomic mass is 35.5. The van der Waals surface area contributed by atoms with E-state index >= 15 is 0 Å². The maximum atomic E-state index is 12.8. The van der Waals surface area contributed by atoms with Crippen molar-refractivity contribution in [1.29, 1.82) is 0 Å². The first-order valence-corrected chi connectivity index (χ1v) is 8.99. The molecule has 1 atom stereocenters. The maximum absolute atomic E-state index is 12.8. The van der Waals surface area contributed by atoms with Crippen LogP contribution in [0.3, 0.4) is 0 Å². The predicted molar refractivity (Wildman–Crippen MR) is 104 cm³/mol. The highest BCUT2D eigenvalue weighted by Crippen LogP contribution is 2.30. The Labute approximate surface area is 170 Å². The van der Waals surface area contributed by atoms with Crippen LogP contribution in [0.4, 0.5) is 0 Å². The fraction of sp³-hybridized carbons (Fsp3) is 0.278. The van der Waals surface area contributed by atoms with Gasteiger partial charge in [-0.1, -0.05) is 29.3 Å². The van der Waals surface area contributed by atoms with Crippen LogP contribution in [0.25, 0.3) is 5.78 Å². The minimum atomic E-state index is -1.53. The van der Waals surface area contributed by atoms with Crippen LogP contribution in [-0.2, 0) is 15.1 Å². The highest BCUT2D eigenvalue weighted by Gasteiger charge is 2.39. The molecule has 146 valence electrons. The van der Waals surface area contributed by atoms with E-state index < -0.39 is 17.4 Å². The lowest BCUT2D eigenvalue weighted by molar-refractivity contribution is -0.148. The molecule has 28 heavy (non-hydrogen) atoms. The number of nitrogens with one attached hydrogen (secondary N) is 1. The van der Waals surface area contributed by atoms with E-state index in [2.05, 4.69) is 20.4 Å². The molecule has 3 aromatic rings. The molecule has 0 spiro atoms. The van der Waals surface area contributed by atoms with E-state index in [0.29, 0.717) is 10.6 Å². The van der Waals surface area contributed by atoms with Crippen LogP contribution >= 0.6 is 23.2 Å². The molecule has 0 radical (unpaired) electrons. The number of carbonyl (C=O) groups is 2. The summed E-state index contributed by atoms with van der Waals surface area (Å²) in [5.74, 6) is -1.19. The number of esters is 1. The van der Waals surface area contributed by atoms with Gasteiger partial charge in [0.2, 0.25) is 5.82 Å². The van der Waals surface area contributed by atoms with Crippen LogP contribution in [0.5, 0.6) is 0 Å². The van der Waals surface area contributed by atoms with Crippen LogP contribution in [-0.4, -0.2) is 38.6 Å². The Kier molecular flexibility index (Phi) is 5.27. The SMILES string of the molecule is COC(=O)[C@](C)(NC(=O)c1nc2nc(C)cc(C)n2n1)c1ccc(Cl)c(Cl)c1. The van der Waals surface area contributed by atoms with Crippen molar-refractivity contribution in [2.75, 3.05) is 7.11 Å². The third-order valence-corrected chi connectivity index (χ3v) is 5.01. The first kappa shape index (κ1) is 20.0. The molecule has 8 nitrogen and oxygen atoms in total. The lowest BCUT2D eigenvalue weighted by Gasteiger charge is -2.28. The molecule has 1 amide bonds. The van der Waals surface area contributed by atoms with E-state index in [0.717, 1.165) is 11.4 Å². The number of aromatic nitrogens is 4. The lowest BCUT2D eigenvalue weighted by atomic mass is 9.92. The number of fused-ring (bicyclic) bond motifs is 1. The summed E-state index contributed by atoms with van der Waals surface area (Å²) in [6.45, 7) is 5.14. The van der Waals surface area contributed by atoms with Crippen molar-refractivity contribution in [3.63, 3.8) is 0 Å². The van der Waals surface area contributed by atoms with Crippen LogP contribution in [0.2, 0.25) is 10.0 Å². The van der Waals surface area contributed by atoms with Crippen molar-refractivity contribution in [3.8, 4) is 0 Å². The van der Waals surface area contributed by atoms with Gasteiger partial charge < -0.3 is 10.1 Å². The van der Waals surface area contributed by atoms with Gasteiger partial charge in [-0.15, -0.1) is 5.10 Å². The smallest absolute Gasteiger partial charge is 0.336 e. The fourth-order valence-electron chi connectivity index (χ4n) is 2.80. The number of aryl methyl sites for hydroxylation is 2. The molecule has 10 heteroatoms. The molecular weight excluding hydrogens is 405 g/mol. The zero-order valence-electron chi connectivity index (χ0n) is 15.6.